The molecule has 0 aromatic heterocycles. The largest absolute Gasteiger partial charge is 0.325 e. The molecule has 0 unspecified atom stereocenters. The molecule has 0 fully saturated rings. The third kappa shape index (κ3) is 5.04. The minimum absolute atomic E-state index is 0.00829. The van der Waals surface area contributed by atoms with Gasteiger partial charge < -0.3 is 10.6 Å². The Morgan fingerprint density at radius 2 is 1.39 bits per heavy atom. The van der Waals surface area contributed by atoms with E-state index in [1.165, 1.54) is 0 Å². The molecule has 142 valence electrons. The van der Waals surface area contributed by atoms with Crippen LogP contribution in [-0.2, 0) is 11.2 Å². The first-order chi connectivity index (χ1) is 13.4. The van der Waals surface area contributed by atoms with Gasteiger partial charge in [-0.3, -0.25) is 9.59 Å². The van der Waals surface area contributed by atoms with Crippen LogP contribution in [0.2, 0.25) is 15.1 Å². The number of hydrogen-bond donors (Lipinski definition) is 2. The highest BCUT2D eigenvalue weighted by molar-refractivity contribution is 6.36. The van der Waals surface area contributed by atoms with Crippen LogP contribution in [0.5, 0.6) is 0 Å². The highest BCUT2D eigenvalue weighted by atomic mass is 35.5. The quantitative estimate of drug-likeness (QED) is 0.512. The van der Waals surface area contributed by atoms with Crippen molar-refractivity contribution in [2.24, 2.45) is 0 Å². The standard InChI is InChI=1S/C21H15Cl3N2O2/c22-13-8-10-14(11-9-13)25-21(28)15-4-1-2-7-19(15)26-20(27)12-16-17(23)5-3-6-18(16)24/h1-11H,12H2,(H,25,28)(H,26,27). The summed E-state index contributed by atoms with van der Waals surface area (Å²) >= 11 is 18.1. The number of carbonyl (C=O) groups is 2. The Balaban J connectivity index is 1.75. The molecule has 0 aliphatic rings. The molecule has 0 bridgehead atoms. The van der Waals surface area contributed by atoms with Gasteiger partial charge in [0.25, 0.3) is 5.91 Å². The van der Waals surface area contributed by atoms with Crippen LogP contribution in [0.25, 0.3) is 0 Å². The molecule has 0 saturated carbocycles. The molecule has 0 heterocycles. The van der Waals surface area contributed by atoms with Crippen molar-refractivity contribution in [3.8, 4) is 0 Å². The zero-order valence-corrected chi connectivity index (χ0v) is 16.8. The van der Waals surface area contributed by atoms with Gasteiger partial charge in [-0.15, -0.1) is 0 Å². The van der Waals surface area contributed by atoms with Crippen LogP contribution in [0, 0.1) is 0 Å². The van der Waals surface area contributed by atoms with Gasteiger partial charge in [0.2, 0.25) is 5.91 Å². The minimum atomic E-state index is -0.353. The maximum Gasteiger partial charge on any atom is 0.257 e. The second-order valence-electron chi connectivity index (χ2n) is 5.93. The van der Waals surface area contributed by atoms with E-state index in [0.29, 0.717) is 37.6 Å². The number of anilines is 2. The Bertz CT molecular complexity index is 1000. The monoisotopic (exact) mass is 432 g/mol. The number of amides is 2. The normalized spacial score (nSPS) is 10.4. The smallest absolute Gasteiger partial charge is 0.257 e. The topological polar surface area (TPSA) is 58.2 Å². The van der Waals surface area contributed by atoms with Gasteiger partial charge in [0.15, 0.2) is 0 Å². The molecule has 0 aliphatic carbocycles. The van der Waals surface area contributed by atoms with Crippen LogP contribution in [0.3, 0.4) is 0 Å². The lowest BCUT2D eigenvalue weighted by Crippen LogP contribution is -2.19. The molecular weight excluding hydrogens is 419 g/mol. The summed E-state index contributed by atoms with van der Waals surface area (Å²) in [4.78, 5) is 25.1. The lowest BCUT2D eigenvalue weighted by atomic mass is 10.1. The molecule has 3 rings (SSSR count). The molecule has 2 N–H and O–H groups in total. The zero-order valence-electron chi connectivity index (χ0n) is 14.5. The molecule has 28 heavy (non-hydrogen) atoms. The van der Waals surface area contributed by atoms with Crippen molar-refractivity contribution in [2.75, 3.05) is 10.6 Å². The van der Waals surface area contributed by atoms with Gasteiger partial charge in [-0.25, -0.2) is 0 Å². The fourth-order valence-corrected chi connectivity index (χ4v) is 3.24. The molecule has 3 aromatic carbocycles. The number of halogens is 3. The zero-order chi connectivity index (χ0) is 20.1. The maximum atomic E-state index is 12.6. The summed E-state index contributed by atoms with van der Waals surface area (Å²) in [6, 6.07) is 18.5. The van der Waals surface area contributed by atoms with Crippen LogP contribution in [0.4, 0.5) is 11.4 Å². The van der Waals surface area contributed by atoms with E-state index in [0.717, 1.165) is 0 Å². The SMILES string of the molecule is O=C(Cc1c(Cl)cccc1Cl)Nc1ccccc1C(=O)Nc1ccc(Cl)cc1. The highest BCUT2D eigenvalue weighted by Crippen LogP contribution is 2.25. The average Bonchev–Trinajstić information content (AvgIpc) is 2.67. The number of benzene rings is 3. The van der Waals surface area contributed by atoms with Gasteiger partial charge in [0.1, 0.15) is 0 Å². The van der Waals surface area contributed by atoms with Crippen LogP contribution < -0.4 is 10.6 Å². The van der Waals surface area contributed by atoms with Crippen LogP contribution in [-0.4, -0.2) is 11.8 Å². The third-order valence-corrected chi connectivity index (χ3v) is 4.91. The van der Waals surface area contributed by atoms with Crippen molar-refractivity contribution in [2.45, 2.75) is 6.42 Å². The number of carbonyl (C=O) groups excluding carboxylic acids is 2. The van der Waals surface area contributed by atoms with Gasteiger partial charge in [0.05, 0.1) is 17.7 Å². The summed E-state index contributed by atoms with van der Waals surface area (Å²) < 4.78 is 0. The fourth-order valence-electron chi connectivity index (χ4n) is 2.58. The van der Waals surface area contributed by atoms with Crippen molar-refractivity contribution >= 4 is 58.0 Å². The Kier molecular flexibility index (Phi) is 6.57. The Hall–Kier alpha value is -2.53. The van der Waals surface area contributed by atoms with Crippen molar-refractivity contribution in [1.82, 2.24) is 0 Å². The van der Waals surface area contributed by atoms with E-state index < -0.39 is 0 Å². The van der Waals surface area contributed by atoms with E-state index in [-0.39, 0.29) is 18.2 Å². The molecule has 2 amide bonds. The number of hydrogen-bond acceptors (Lipinski definition) is 2. The van der Waals surface area contributed by atoms with Gasteiger partial charge in [-0.05, 0) is 54.1 Å². The maximum absolute atomic E-state index is 12.6. The van der Waals surface area contributed by atoms with E-state index in [9.17, 15) is 9.59 Å². The fraction of sp³-hybridized carbons (Fsp3) is 0.0476. The predicted molar refractivity (Wildman–Crippen MR) is 115 cm³/mol. The Labute approximate surface area is 177 Å². The summed E-state index contributed by atoms with van der Waals surface area (Å²) in [6.45, 7) is 0. The van der Waals surface area contributed by atoms with Gasteiger partial charge in [0, 0.05) is 20.8 Å². The lowest BCUT2D eigenvalue weighted by Gasteiger charge is -2.12. The highest BCUT2D eigenvalue weighted by Gasteiger charge is 2.15. The minimum Gasteiger partial charge on any atom is -0.325 e. The first kappa shape index (κ1) is 20.2. The van der Waals surface area contributed by atoms with Crippen molar-refractivity contribution < 1.29 is 9.59 Å². The van der Waals surface area contributed by atoms with Crippen molar-refractivity contribution in [1.29, 1.82) is 0 Å². The number of para-hydroxylation sites is 1. The van der Waals surface area contributed by atoms with Gasteiger partial charge in [-0.2, -0.15) is 0 Å². The summed E-state index contributed by atoms with van der Waals surface area (Å²) in [6.07, 6.45) is -0.00829. The van der Waals surface area contributed by atoms with E-state index >= 15 is 0 Å². The molecule has 0 aliphatic heterocycles. The second-order valence-corrected chi connectivity index (χ2v) is 7.18. The van der Waals surface area contributed by atoms with Crippen LogP contribution >= 0.6 is 34.8 Å². The molecule has 7 heteroatoms. The molecule has 0 saturated heterocycles. The molecular formula is C21H15Cl3N2O2. The van der Waals surface area contributed by atoms with E-state index in [1.54, 1.807) is 66.7 Å². The van der Waals surface area contributed by atoms with Crippen LogP contribution in [0.1, 0.15) is 15.9 Å². The van der Waals surface area contributed by atoms with Crippen molar-refractivity contribution in [3.05, 3.63) is 92.9 Å². The molecule has 0 radical (unpaired) electrons. The van der Waals surface area contributed by atoms with E-state index in [2.05, 4.69) is 10.6 Å². The van der Waals surface area contributed by atoms with Crippen LogP contribution in [0.15, 0.2) is 66.7 Å². The van der Waals surface area contributed by atoms with Gasteiger partial charge >= 0.3 is 0 Å². The molecule has 4 nitrogen and oxygen atoms in total. The predicted octanol–water partition coefficient (Wildman–Crippen LogP) is 6.08. The van der Waals surface area contributed by atoms with E-state index in [4.69, 9.17) is 34.8 Å². The summed E-state index contributed by atoms with van der Waals surface area (Å²) in [5, 5.41) is 6.93. The Morgan fingerprint density at radius 3 is 2.07 bits per heavy atom. The number of nitrogens with one attached hydrogen (secondary N) is 2. The first-order valence-corrected chi connectivity index (χ1v) is 9.46. The van der Waals surface area contributed by atoms with E-state index in [1.807, 2.05) is 0 Å². The van der Waals surface area contributed by atoms with Crippen molar-refractivity contribution in [3.63, 3.8) is 0 Å². The summed E-state index contributed by atoms with van der Waals surface area (Å²) in [5.74, 6) is -0.684. The lowest BCUT2D eigenvalue weighted by molar-refractivity contribution is -0.115. The molecule has 0 atom stereocenters. The Morgan fingerprint density at radius 1 is 0.750 bits per heavy atom. The molecule has 0 spiro atoms. The summed E-state index contributed by atoms with van der Waals surface area (Å²) in [7, 11) is 0. The summed E-state index contributed by atoms with van der Waals surface area (Å²) in [5.41, 5.74) is 1.85. The second kappa shape index (κ2) is 9.11. The molecule has 3 aromatic rings. The number of rotatable bonds is 5. The van der Waals surface area contributed by atoms with Gasteiger partial charge in [-0.1, -0.05) is 53.0 Å². The average molecular weight is 434 g/mol. The third-order valence-electron chi connectivity index (χ3n) is 3.95. The first-order valence-electron chi connectivity index (χ1n) is 8.33.